The van der Waals surface area contributed by atoms with Crippen molar-refractivity contribution in [1.82, 2.24) is 10.3 Å². The summed E-state index contributed by atoms with van der Waals surface area (Å²) in [6.07, 6.45) is 5.53. The standard InChI is InChI=1S/C11H13N3O/c12-5-9-4-11(7-13-6-9)15-8-10-2-1-3-14-10/h4,6-7,10,14H,1-3,8H2/t10-/m1/s1. The van der Waals surface area contributed by atoms with Gasteiger partial charge in [-0.25, -0.2) is 0 Å². The van der Waals surface area contributed by atoms with Crippen molar-refractivity contribution >= 4 is 0 Å². The molecule has 1 atom stereocenters. The molecule has 1 aromatic heterocycles. The topological polar surface area (TPSA) is 57.9 Å². The molecule has 0 amide bonds. The van der Waals surface area contributed by atoms with Gasteiger partial charge in [0.05, 0.1) is 11.8 Å². The summed E-state index contributed by atoms with van der Waals surface area (Å²) in [5, 5.41) is 12.0. The lowest BCUT2D eigenvalue weighted by atomic mass is 10.2. The van der Waals surface area contributed by atoms with E-state index < -0.39 is 0 Å². The average Bonchev–Trinajstić information content (AvgIpc) is 2.79. The highest BCUT2D eigenvalue weighted by atomic mass is 16.5. The number of aromatic nitrogens is 1. The molecule has 1 N–H and O–H groups in total. The van der Waals surface area contributed by atoms with E-state index in [1.54, 1.807) is 12.3 Å². The van der Waals surface area contributed by atoms with Gasteiger partial charge in [0, 0.05) is 18.3 Å². The summed E-state index contributed by atoms with van der Waals surface area (Å²) in [5.41, 5.74) is 0.534. The van der Waals surface area contributed by atoms with Crippen molar-refractivity contribution in [3.63, 3.8) is 0 Å². The van der Waals surface area contributed by atoms with Crippen molar-refractivity contribution in [3.05, 3.63) is 24.0 Å². The minimum absolute atomic E-state index is 0.441. The van der Waals surface area contributed by atoms with E-state index in [1.165, 1.54) is 12.6 Å². The third-order valence-electron chi connectivity index (χ3n) is 2.46. The summed E-state index contributed by atoms with van der Waals surface area (Å²) >= 11 is 0. The van der Waals surface area contributed by atoms with Gasteiger partial charge in [-0.1, -0.05) is 0 Å². The Bertz CT molecular complexity index is 366. The maximum atomic E-state index is 8.68. The van der Waals surface area contributed by atoms with Crippen LogP contribution >= 0.6 is 0 Å². The van der Waals surface area contributed by atoms with Crippen LogP contribution in [-0.2, 0) is 0 Å². The van der Waals surface area contributed by atoms with E-state index in [9.17, 15) is 0 Å². The van der Waals surface area contributed by atoms with E-state index >= 15 is 0 Å². The molecule has 0 bridgehead atoms. The summed E-state index contributed by atoms with van der Waals surface area (Å²) in [6, 6.07) is 4.19. The molecule has 4 heteroatoms. The number of nitrogens with zero attached hydrogens (tertiary/aromatic N) is 2. The third-order valence-corrected chi connectivity index (χ3v) is 2.46. The van der Waals surface area contributed by atoms with Crippen molar-refractivity contribution in [2.24, 2.45) is 0 Å². The van der Waals surface area contributed by atoms with Crippen LogP contribution in [-0.4, -0.2) is 24.2 Å². The van der Waals surface area contributed by atoms with Crippen molar-refractivity contribution in [2.75, 3.05) is 13.2 Å². The van der Waals surface area contributed by atoms with Crippen LogP contribution in [0.15, 0.2) is 18.5 Å². The molecule has 1 aliphatic heterocycles. The first-order valence-corrected chi connectivity index (χ1v) is 5.10. The molecule has 0 saturated carbocycles. The molecule has 15 heavy (non-hydrogen) atoms. The number of nitriles is 1. The third kappa shape index (κ3) is 2.67. The Labute approximate surface area is 88.9 Å². The lowest BCUT2D eigenvalue weighted by Gasteiger charge is -2.11. The molecular formula is C11H13N3O. The van der Waals surface area contributed by atoms with Crippen molar-refractivity contribution in [2.45, 2.75) is 18.9 Å². The number of rotatable bonds is 3. The second-order valence-electron chi connectivity index (χ2n) is 3.63. The van der Waals surface area contributed by atoms with E-state index in [0.29, 0.717) is 24.0 Å². The Morgan fingerprint density at radius 3 is 3.27 bits per heavy atom. The Balaban J connectivity index is 1.90. The largest absolute Gasteiger partial charge is 0.490 e. The van der Waals surface area contributed by atoms with Gasteiger partial charge in [0.2, 0.25) is 0 Å². The minimum Gasteiger partial charge on any atom is -0.490 e. The molecular weight excluding hydrogens is 190 g/mol. The number of hydrogen-bond donors (Lipinski definition) is 1. The highest BCUT2D eigenvalue weighted by Crippen LogP contribution is 2.12. The molecule has 1 saturated heterocycles. The second kappa shape index (κ2) is 4.76. The molecule has 0 radical (unpaired) electrons. The zero-order chi connectivity index (χ0) is 10.5. The van der Waals surface area contributed by atoms with Gasteiger partial charge in [-0.3, -0.25) is 4.98 Å². The zero-order valence-corrected chi connectivity index (χ0v) is 8.44. The van der Waals surface area contributed by atoms with Gasteiger partial charge in [-0.05, 0) is 19.4 Å². The van der Waals surface area contributed by atoms with Gasteiger partial charge >= 0.3 is 0 Å². The highest BCUT2D eigenvalue weighted by Gasteiger charge is 2.14. The lowest BCUT2D eigenvalue weighted by molar-refractivity contribution is 0.276. The van der Waals surface area contributed by atoms with Crippen LogP contribution in [0.4, 0.5) is 0 Å². The molecule has 2 rings (SSSR count). The van der Waals surface area contributed by atoms with Crippen LogP contribution in [0, 0.1) is 11.3 Å². The Morgan fingerprint density at radius 1 is 1.60 bits per heavy atom. The highest BCUT2D eigenvalue weighted by molar-refractivity contribution is 5.32. The van der Waals surface area contributed by atoms with E-state index in [2.05, 4.69) is 10.3 Å². The van der Waals surface area contributed by atoms with Gasteiger partial charge in [-0.2, -0.15) is 5.26 Å². The SMILES string of the molecule is N#Cc1cncc(OC[C@H]2CCCN2)c1. The fourth-order valence-corrected chi connectivity index (χ4v) is 1.65. The first kappa shape index (κ1) is 9.94. The lowest BCUT2D eigenvalue weighted by Crippen LogP contribution is -2.28. The van der Waals surface area contributed by atoms with Gasteiger partial charge < -0.3 is 10.1 Å². The van der Waals surface area contributed by atoms with Gasteiger partial charge in [0.1, 0.15) is 18.4 Å². The van der Waals surface area contributed by atoms with E-state index in [-0.39, 0.29) is 0 Å². The fraction of sp³-hybridized carbons (Fsp3) is 0.455. The van der Waals surface area contributed by atoms with E-state index in [4.69, 9.17) is 10.00 Å². The van der Waals surface area contributed by atoms with Gasteiger partial charge in [0.15, 0.2) is 0 Å². The van der Waals surface area contributed by atoms with Crippen molar-refractivity contribution in [1.29, 1.82) is 5.26 Å². The monoisotopic (exact) mass is 203 g/mol. The van der Waals surface area contributed by atoms with Gasteiger partial charge in [0.25, 0.3) is 0 Å². The molecule has 0 aliphatic carbocycles. The molecule has 1 fully saturated rings. The van der Waals surface area contributed by atoms with E-state index in [1.807, 2.05) is 6.07 Å². The normalized spacial score (nSPS) is 19.8. The second-order valence-corrected chi connectivity index (χ2v) is 3.63. The van der Waals surface area contributed by atoms with Crippen LogP contribution in [0.1, 0.15) is 18.4 Å². The summed E-state index contributed by atoms with van der Waals surface area (Å²) in [7, 11) is 0. The Kier molecular flexibility index (Phi) is 3.15. The zero-order valence-electron chi connectivity index (χ0n) is 8.44. The molecule has 4 nitrogen and oxygen atoms in total. The molecule has 0 unspecified atom stereocenters. The number of ether oxygens (including phenoxy) is 1. The quantitative estimate of drug-likeness (QED) is 0.798. The maximum absolute atomic E-state index is 8.68. The Morgan fingerprint density at radius 2 is 2.53 bits per heavy atom. The minimum atomic E-state index is 0.441. The summed E-state index contributed by atoms with van der Waals surface area (Å²) < 4.78 is 5.56. The summed E-state index contributed by atoms with van der Waals surface area (Å²) in [5.74, 6) is 0.669. The smallest absolute Gasteiger partial charge is 0.138 e. The van der Waals surface area contributed by atoms with Crippen molar-refractivity contribution < 1.29 is 4.74 Å². The van der Waals surface area contributed by atoms with E-state index in [0.717, 1.165) is 13.0 Å². The summed E-state index contributed by atoms with van der Waals surface area (Å²) in [4.78, 5) is 3.93. The van der Waals surface area contributed by atoms with Crippen molar-refractivity contribution in [3.8, 4) is 11.8 Å². The first-order valence-electron chi connectivity index (χ1n) is 5.10. The molecule has 1 aromatic rings. The predicted molar refractivity (Wildman–Crippen MR) is 55.5 cm³/mol. The molecule has 0 spiro atoms. The number of hydrogen-bond acceptors (Lipinski definition) is 4. The fourth-order valence-electron chi connectivity index (χ4n) is 1.65. The van der Waals surface area contributed by atoms with Crippen LogP contribution in [0.2, 0.25) is 0 Å². The number of pyridine rings is 1. The molecule has 0 aromatic carbocycles. The average molecular weight is 203 g/mol. The Hall–Kier alpha value is -1.60. The van der Waals surface area contributed by atoms with Crippen LogP contribution in [0.3, 0.4) is 0 Å². The molecule has 1 aliphatic rings. The van der Waals surface area contributed by atoms with Gasteiger partial charge in [-0.15, -0.1) is 0 Å². The maximum Gasteiger partial charge on any atom is 0.138 e. The van der Waals surface area contributed by atoms with Crippen LogP contribution in [0.5, 0.6) is 5.75 Å². The van der Waals surface area contributed by atoms with Crippen LogP contribution in [0.25, 0.3) is 0 Å². The predicted octanol–water partition coefficient (Wildman–Crippen LogP) is 1.08. The summed E-state index contributed by atoms with van der Waals surface area (Å²) in [6.45, 7) is 1.72. The molecule has 2 heterocycles. The number of nitrogens with one attached hydrogen (secondary N) is 1. The van der Waals surface area contributed by atoms with Crippen LogP contribution < -0.4 is 10.1 Å². The first-order chi connectivity index (χ1) is 7.38. The molecule has 78 valence electrons.